The highest BCUT2D eigenvalue weighted by Gasteiger charge is 2.28. The minimum Gasteiger partial charge on any atom is -0.497 e. The molecule has 0 spiro atoms. The fraction of sp³-hybridized carbons (Fsp3) is 0.167. The number of ether oxygens (including phenoxy) is 1. The third kappa shape index (κ3) is 4.12. The van der Waals surface area contributed by atoms with Crippen molar-refractivity contribution in [1.82, 2.24) is 10.2 Å². The summed E-state index contributed by atoms with van der Waals surface area (Å²) in [5.74, 6) is 0.238. The van der Waals surface area contributed by atoms with E-state index in [1.54, 1.807) is 61.5 Å². The third-order valence-corrected chi connectivity index (χ3v) is 6.91. The maximum Gasteiger partial charge on any atom is 0.293 e. The minimum atomic E-state index is -3.92. The van der Waals surface area contributed by atoms with Gasteiger partial charge in [0, 0.05) is 12.1 Å². The second-order valence-electron chi connectivity index (χ2n) is 5.56. The average Bonchev–Trinajstić information content (AvgIpc) is 3.19. The number of sulfonamides is 1. The van der Waals surface area contributed by atoms with Crippen LogP contribution in [0.3, 0.4) is 0 Å². The first-order valence-corrected chi connectivity index (χ1v) is 10.6. The summed E-state index contributed by atoms with van der Waals surface area (Å²) in [5, 5.41) is 10.2. The highest BCUT2D eigenvalue weighted by molar-refractivity contribution is 7.94. The van der Waals surface area contributed by atoms with Crippen LogP contribution < -0.4 is 14.4 Å². The van der Waals surface area contributed by atoms with Crippen molar-refractivity contribution >= 4 is 38.1 Å². The van der Waals surface area contributed by atoms with E-state index < -0.39 is 10.0 Å². The molecule has 1 amide bonds. The lowest BCUT2D eigenvalue weighted by atomic mass is 10.2. The lowest BCUT2D eigenvalue weighted by Gasteiger charge is -2.21. The van der Waals surface area contributed by atoms with E-state index in [0.717, 1.165) is 11.3 Å². The van der Waals surface area contributed by atoms with Crippen molar-refractivity contribution in [1.29, 1.82) is 0 Å². The van der Waals surface area contributed by atoms with Crippen LogP contribution in [0.15, 0.2) is 58.9 Å². The molecule has 1 N–H and O–H groups in total. The lowest BCUT2D eigenvalue weighted by Crippen LogP contribution is -2.30. The van der Waals surface area contributed by atoms with Crippen LogP contribution in [0.5, 0.6) is 5.75 Å². The zero-order valence-corrected chi connectivity index (χ0v) is 16.8. The van der Waals surface area contributed by atoms with Crippen LogP contribution in [0, 0.1) is 0 Å². The number of methoxy groups -OCH3 is 1. The quantitative estimate of drug-likeness (QED) is 0.592. The van der Waals surface area contributed by atoms with Gasteiger partial charge in [-0.15, -0.1) is 10.2 Å². The Labute approximate surface area is 166 Å². The van der Waals surface area contributed by atoms with Crippen LogP contribution in [-0.4, -0.2) is 38.2 Å². The zero-order valence-electron chi connectivity index (χ0n) is 15.2. The first-order chi connectivity index (χ1) is 13.5. The summed E-state index contributed by atoms with van der Waals surface area (Å²) in [6.07, 6.45) is 0. The first-order valence-electron chi connectivity index (χ1n) is 8.32. The molecule has 8 nitrogen and oxygen atoms in total. The van der Waals surface area contributed by atoms with Gasteiger partial charge in [-0.1, -0.05) is 29.5 Å². The molecule has 0 radical (unpaired) electrons. The highest BCUT2D eigenvalue weighted by Crippen LogP contribution is 2.28. The van der Waals surface area contributed by atoms with E-state index in [1.807, 2.05) is 0 Å². The second kappa shape index (κ2) is 8.36. The summed E-state index contributed by atoms with van der Waals surface area (Å²) in [6, 6.07) is 15.2. The number of nitrogens with one attached hydrogen (secondary N) is 1. The van der Waals surface area contributed by atoms with E-state index in [0.29, 0.717) is 17.0 Å². The number of nitrogens with zero attached hydrogens (tertiary/aromatic N) is 3. The van der Waals surface area contributed by atoms with E-state index >= 15 is 0 Å². The lowest BCUT2D eigenvalue weighted by molar-refractivity contribution is 0.102. The molecule has 10 heteroatoms. The molecule has 146 valence electrons. The standard InChI is InChI=1S/C18H18N4O4S2/c1-3-22(14-9-11-15(26-2)12-10-14)28(24,25)18-21-20-17(27-18)19-16(23)13-7-5-4-6-8-13/h4-12H,3H2,1-2H3,(H,19,20,23). The fourth-order valence-electron chi connectivity index (χ4n) is 2.46. The SMILES string of the molecule is CCN(c1ccc(OC)cc1)S(=O)(=O)c1nnc(NC(=O)c2ccccc2)s1. The molecule has 1 heterocycles. The number of hydrogen-bond acceptors (Lipinski definition) is 7. The molecule has 0 aliphatic rings. The second-order valence-corrected chi connectivity index (χ2v) is 8.57. The molecule has 0 bridgehead atoms. The Morgan fingerprint density at radius 2 is 1.79 bits per heavy atom. The molecular weight excluding hydrogens is 400 g/mol. The molecule has 1 aromatic heterocycles. The van der Waals surface area contributed by atoms with Gasteiger partial charge in [0.05, 0.1) is 12.8 Å². The molecule has 28 heavy (non-hydrogen) atoms. The third-order valence-electron chi connectivity index (χ3n) is 3.82. The number of carbonyl (C=O) groups excluding carboxylic acids is 1. The van der Waals surface area contributed by atoms with Crippen LogP contribution in [0.25, 0.3) is 0 Å². The molecule has 0 aliphatic heterocycles. The Kier molecular flexibility index (Phi) is 5.90. The van der Waals surface area contributed by atoms with Gasteiger partial charge >= 0.3 is 0 Å². The molecule has 2 aromatic carbocycles. The number of carbonyl (C=O) groups is 1. The molecule has 0 atom stereocenters. The van der Waals surface area contributed by atoms with Crippen LogP contribution in [0.2, 0.25) is 0 Å². The van der Waals surface area contributed by atoms with E-state index in [-0.39, 0.29) is 21.9 Å². The Balaban J connectivity index is 1.82. The Bertz CT molecular complexity index is 1050. The van der Waals surface area contributed by atoms with Gasteiger partial charge in [0.25, 0.3) is 20.3 Å². The van der Waals surface area contributed by atoms with E-state index in [9.17, 15) is 13.2 Å². The van der Waals surface area contributed by atoms with E-state index in [1.165, 1.54) is 11.4 Å². The molecule has 3 aromatic rings. The van der Waals surface area contributed by atoms with Crippen molar-refractivity contribution in [2.45, 2.75) is 11.3 Å². The molecule has 0 unspecified atom stereocenters. The maximum atomic E-state index is 13.0. The minimum absolute atomic E-state index is 0.109. The Morgan fingerprint density at radius 3 is 2.39 bits per heavy atom. The van der Waals surface area contributed by atoms with Gasteiger partial charge in [-0.2, -0.15) is 8.42 Å². The van der Waals surface area contributed by atoms with Crippen molar-refractivity contribution in [3.8, 4) is 5.75 Å². The van der Waals surface area contributed by atoms with Gasteiger partial charge < -0.3 is 4.74 Å². The highest BCUT2D eigenvalue weighted by atomic mass is 32.2. The largest absolute Gasteiger partial charge is 0.497 e. The number of amides is 1. The predicted octanol–water partition coefficient (Wildman–Crippen LogP) is 3.01. The summed E-state index contributed by atoms with van der Waals surface area (Å²) in [5.41, 5.74) is 0.920. The molecule has 0 saturated carbocycles. The number of benzene rings is 2. The van der Waals surface area contributed by atoms with Crippen molar-refractivity contribution in [2.24, 2.45) is 0 Å². The Hall–Kier alpha value is -2.98. The number of rotatable bonds is 7. The number of anilines is 2. The molecule has 0 aliphatic carbocycles. The van der Waals surface area contributed by atoms with Crippen molar-refractivity contribution in [3.63, 3.8) is 0 Å². The van der Waals surface area contributed by atoms with Gasteiger partial charge in [-0.25, -0.2) is 0 Å². The summed E-state index contributed by atoms with van der Waals surface area (Å²) in [6.45, 7) is 1.93. The maximum absolute atomic E-state index is 13.0. The van der Waals surface area contributed by atoms with Crippen molar-refractivity contribution < 1.29 is 17.9 Å². The van der Waals surface area contributed by atoms with Gasteiger partial charge in [-0.05, 0) is 43.3 Å². The van der Waals surface area contributed by atoms with Crippen LogP contribution in [0.1, 0.15) is 17.3 Å². The summed E-state index contributed by atoms with van der Waals surface area (Å²) < 4.78 is 32.1. The van der Waals surface area contributed by atoms with Gasteiger partial charge in [0.1, 0.15) is 5.75 Å². The van der Waals surface area contributed by atoms with Gasteiger partial charge in [0.15, 0.2) is 0 Å². The van der Waals surface area contributed by atoms with Gasteiger partial charge in [-0.3, -0.25) is 14.4 Å². The Morgan fingerprint density at radius 1 is 1.11 bits per heavy atom. The monoisotopic (exact) mass is 418 g/mol. The van der Waals surface area contributed by atoms with E-state index in [4.69, 9.17) is 4.74 Å². The molecule has 0 fully saturated rings. The van der Waals surface area contributed by atoms with Crippen LogP contribution in [0.4, 0.5) is 10.8 Å². The van der Waals surface area contributed by atoms with E-state index in [2.05, 4.69) is 15.5 Å². The molecule has 3 rings (SSSR count). The summed E-state index contributed by atoms with van der Waals surface area (Å²) >= 11 is 0.800. The zero-order chi connectivity index (χ0) is 20.1. The van der Waals surface area contributed by atoms with Crippen LogP contribution >= 0.6 is 11.3 Å². The van der Waals surface area contributed by atoms with Crippen molar-refractivity contribution in [2.75, 3.05) is 23.3 Å². The fourth-order valence-corrected chi connectivity index (χ4v) is 4.93. The molecular formula is C18H18N4O4S2. The number of hydrogen-bond donors (Lipinski definition) is 1. The number of aromatic nitrogens is 2. The normalized spacial score (nSPS) is 11.1. The first kappa shape index (κ1) is 19.8. The van der Waals surface area contributed by atoms with Crippen LogP contribution in [-0.2, 0) is 10.0 Å². The molecule has 0 saturated heterocycles. The van der Waals surface area contributed by atoms with Crippen molar-refractivity contribution in [3.05, 3.63) is 60.2 Å². The summed E-state index contributed by atoms with van der Waals surface area (Å²) in [7, 11) is -2.38. The predicted molar refractivity (Wildman–Crippen MR) is 108 cm³/mol. The van der Waals surface area contributed by atoms with Gasteiger partial charge in [0.2, 0.25) is 5.13 Å². The topological polar surface area (TPSA) is 101 Å². The smallest absolute Gasteiger partial charge is 0.293 e. The average molecular weight is 419 g/mol. The summed E-state index contributed by atoms with van der Waals surface area (Å²) in [4.78, 5) is 12.2.